The van der Waals surface area contributed by atoms with Crippen LogP contribution in [0.5, 0.6) is 0 Å². The molecule has 2 heterocycles. The fraction of sp³-hybridized carbons (Fsp3) is 0.353. The SMILES string of the molecule is CC1(F)C2CN(c3cnc(C(=O)O)nc3)C(c3cccc(F)c3Cl)C21. The summed E-state index contributed by atoms with van der Waals surface area (Å²) in [6.45, 7) is 1.95. The Morgan fingerprint density at radius 1 is 1.40 bits per heavy atom. The van der Waals surface area contributed by atoms with Gasteiger partial charge in [0.25, 0.3) is 0 Å². The molecule has 1 saturated carbocycles. The summed E-state index contributed by atoms with van der Waals surface area (Å²) in [7, 11) is 0. The lowest BCUT2D eigenvalue weighted by Crippen LogP contribution is -2.32. The monoisotopic (exact) mass is 365 g/mol. The molecule has 0 bridgehead atoms. The highest BCUT2D eigenvalue weighted by Gasteiger charge is 2.71. The zero-order chi connectivity index (χ0) is 17.9. The fourth-order valence-corrected chi connectivity index (χ4v) is 4.14. The Morgan fingerprint density at radius 2 is 2.08 bits per heavy atom. The van der Waals surface area contributed by atoms with Crippen molar-refractivity contribution < 1.29 is 18.7 Å². The van der Waals surface area contributed by atoms with Gasteiger partial charge in [-0.15, -0.1) is 0 Å². The highest BCUT2D eigenvalue weighted by molar-refractivity contribution is 6.31. The number of halogens is 3. The third-order valence-electron chi connectivity index (χ3n) is 5.23. The molecule has 1 aliphatic carbocycles. The average Bonchev–Trinajstić information content (AvgIpc) is 2.94. The summed E-state index contributed by atoms with van der Waals surface area (Å²) in [6.07, 6.45) is 2.77. The van der Waals surface area contributed by atoms with Crippen LogP contribution in [-0.2, 0) is 0 Å². The Labute approximate surface area is 147 Å². The number of piperidine rings is 1. The Morgan fingerprint density at radius 3 is 2.72 bits per heavy atom. The third kappa shape index (κ3) is 2.37. The van der Waals surface area contributed by atoms with Gasteiger partial charge in [0.1, 0.15) is 11.5 Å². The number of carbonyl (C=O) groups is 1. The molecule has 8 heteroatoms. The van der Waals surface area contributed by atoms with Gasteiger partial charge in [-0.25, -0.2) is 23.5 Å². The molecule has 25 heavy (non-hydrogen) atoms. The van der Waals surface area contributed by atoms with Crippen LogP contribution in [0.4, 0.5) is 14.5 Å². The number of carboxylic acids is 1. The van der Waals surface area contributed by atoms with Crippen LogP contribution in [0.1, 0.15) is 29.1 Å². The number of nitrogens with zero attached hydrogens (tertiary/aromatic N) is 3. The van der Waals surface area contributed by atoms with E-state index in [1.54, 1.807) is 19.1 Å². The van der Waals surface area contributed by atoms with Crippen LogP contribution >= 0.6 is 11.6 Å². The number of fused-ring (bicyclic) bond motifs is 1. The van der Waals surface area contributed by atoms with Crippen molar-refractivity contribution in [3.05, 3.63) is 52.8 Å². The fourth-order valence-electron chi connectivity index (χ4n) is 3.90. The van der Waals surface area contributed by atoms with Gasteiger partial charge in [0, 0.05) is 18.4 Å². The number of rotatable bonds is 3. The van der Waals surface area contributed by atoms with Gasteiger partial charge in [-0.1, -0.05) is 23.7 Å². The normalized spacial score (nSPS) is 30.2. The first-order chi connectivity index (χ1) is 11.8. The van der Waals surface area contributed by atoms with Crippen LogP contribution in [0.2, 0.25) is 5.02 Å². The van der Waals surface area contributed by atoms with Crippen molar-refractivity contribution in [2.24, 2.45) is 11.8 Å². The molecule has 1 saturated heterocycles. The number of hydrogen-bond donors (Lipinski definition) is 1. The summed E-state index contributed by atoms with van der Waals surface area (Å²) in [5.74, 6) is -2.61. The van der Waals surface area contributed by atoms with E-state index in [0.29, 0.717) is 17.8 Å². The number of benzene rings is 1. The Hall–Kier alpha value is -2.28. The molecular weight excluding hydrogens is 352 g/mol. The molecule has 1 aromatic carbocycles. The van der Waals surface area contributed by atoms with Gasteiger partial charge in [0.15, 0.2) is 0 Å². The number of hydrogen-bond acceptors (Lipinski definition) is 4. The predicted molar refractivity (Wildman–Crippen MR) is 87.0 cm³/mol. The molecule has 1 aromatic heterocycles. The van der Waals surface area contributed by atoms with Gasteiger partial charge >= 0.3 is 5.97 Å². The van der Waals surface area contributed by atoms with E-state index in [1.165, 1.54) is 18.5 Å². The van der Waals surface area contributed by atoms with E-state index < -0.39 is 23.5 Å². The molecule has 2 aliphatic rings. The van der Waals surface area contributed by atoms with Gasteiger partial charge in [-0.05, 0) is 18.6 Å². The number of aromatic carboxylic acids is 1. The summed E-state index contributed by atoms with van der Waals surface area (Å²) in [4.78, 5) is 20.4. The van der Waals surface area contributed by atoms with Crippen molar-refractivity contribution in [2.75, 3.05) is 11.4 Å². The molecule has 0 radical (unpaired) electrons. The first kappa shape index (κ1) is 16.2. The molecule has 4 atom stereocenters. The number of carboxylic acid groups (broad SMARTS) is 1. The maximum Gasteiger partial charge on any atom is 0.373 e. The first-order valence-corrected chi connectivity index (χ1v) is 8.15. The van der Waals surface area contributed by atoms with Crippen LogP contribution in [0.25, 0.3) is 0 Å². The van der Waals surface area contributed by atoms with E-state index >= 15 is 0 Å². The van der Waals surface area contributed by atoms with Crippen molar-refractivity contribution in [1.82, 2.24) is 9.97 Å². The Bertz CT molecular complexity index is 859. The molecule has 4 unspecified atom stereocenters. The Kier molecular flexibility index (Phi) is 3.47. The molecule has 2 aromatic rings. The molecule has 4 rings (SSSR count). The summed E-state index contributed by atoms with van der Waals surface area (Å²) < 4.78 is 28.6. The molecule has 0 spiro atoms. The molecule has 2 fully saturated rings. The lowest BCUT2D eigenvalue weighted by Gasteiger charge is -2.32. The van der Waals surface area contributed by atoms with E-state index in [1.807, 2.05) is 4.90 Å². The van der Waals surface area contributed by atoms with Crippen LogP contribution in [-0.4, -0.2) is 33.3 Å². The molecular formula is C17H14ClF2N3O2. The maximum absolute atomic E-state index is 14.7. The van der Waals surface area contributed by atoms with E-state index in [9.17, 15) is 13.6 Å². The lowest BCUT2D eigenvalue weighted by molar-refractivity contribution is 0.0683. The van der Waals surface area contributed by atoms with E-state index in [-0.39, 0.29) is 22.7 Å². The average molecular weight is 366 g/mol. The van der Waals surface area contributed by atoms with Gasteiger partial charge in [0.05, 0.1) is 29.1 Å². The molecule has 1 aliphatic heterocycles. The smallest absolute Gasteiger partial charge is 0.373 e. The minimum absolute atomic E-state index is 0.0241. The third-order valence-corrected chi connectivity index (χ3v) is 5.63. The summed E-state index contributed by atoms with van der Waals surface area (Å²) in [5.41, 5.74) is -0.269. The van der Waals surface area contributed by atoms with E-state index in [2.05, 4.69) is 9.97 Å². The predicted octanol–water partition coefficient (Wildman–Crippen LogP) is 3.50. The van der Waals surface area contributed by atoms with Crippen molar-refractivity contribution in [3.8, 4) is 0 Å². The van der Waals surface area contributed by atoms with Gasteiger partial charge < -0.3 is 10.0 Å². The first-order valence-electron chi connectivity index (χ1n) is 7.77. The minimum Gasteiger partial charge on any atom is -0.475 e. The highest BCUT2D eigenvalue weighted by Crippen LogP contribution is 2.66. The topological polar surface area (TPSA) is 66.3 Å². The lowest BCUT2D eigenvalue weighted by atomic mass is 9.99. The molecule has 0 amide bonds. The van der Waals surface area contributed by atoms with Crippen LogP contribution < -0.4 is 4.90 Å². The second-order valence-electron chi connectivity index (χ2n) is 6.59. The van der Waals surface area contributed by atoms with Crippen molar-refractivity contribution in [1.29, 1.82) is 0 Å². The molecule has 1 N–H and O–H groups in total. The largest absolute Gasteiger partial charge is 0.475 e. The molecule has 5 nitrogen and oxygen atoms in total. The van der Waals surface area contributed by atoms with Gasteiger partial charge in [0.2, 0.25) is 5.82 Å². The quantitative estimate of drug-likeness (QED) is 0.901. The van der Waals surface area contributed by atoms with Gasteiger partial charge in [-0.3, -0.25) is 0 Å². The number of anilines is 1. The van der Waals surface area contributed by atoms with Crippen molar-refractivity contribution in [3.63, 3.8) is 0 Å². The van der Waals surface area contributed by atoms with Crippen LogP contribution in [0, 0.1) is 17.7 Å². The zero-order valence-electron chi connectivity index (χ0n) is 13.2. The summed E-state index contributed by atoms with van der Waals surface area (Å²) >= 11 is 6.14. The van der Waals surface area contributed by atoms with Crippen molar-refractivity contribution >= 4 is 23.3 Å². The van der Waals surface area contributed by atoms with Crippen molar-refractivity contribution in [2.45, 2.75) is 18.6 Å². The minimum atomic E-state index is -1.33. The molecule has 130 valence electrons. The second-order valence-corrected chi connectivity index (χ2v) is 6.97. The summed E-state index contributed by atoms with van der Waals surface area (Å²) in [5, 5.41) is 8.88. The summed E-state index contributed by atoms with van der Waals surface area (Å²) in [6, 6.07) is 4.04. The Balaban J connectivity index is 1.75. The number of alkyl halides is 1. The van der Waals surface area contributed by atoms with Crippen LogP contribution in [0.15, 0.2) is 30.6 Å². The second kappa shape index (κ2) is 5.36. The number of aromatic nitrogens is 2. The van der Waals surface area contributed by atoms with E-state index in [4.69, 9.17) is 16.7 Å². The van der Waals surface area contributed by atoms with Crippen LogP contribution in [0.3, 0.4) is 0 Å². The maximum atomic E-state index is 14.7. The highest BCUT2D eigenvalue weighted by atomic mass is 35.5. The standard InChI is InChI=1S/C17H14ClF2N3O2/c1-17(20)10-7-23(8-5-21-15(16(24)25)22-6-8)14(12(10)17)9-3-2-4-11(19)13(9)18/h2-6,10,12,14H,7H2,1H3,(H,24,25). The van der Waals surface area contributed by atoms with E-state index in [0.717, 1.165) is 0 Å². The van der Waals surface area contributed by atoms with Gasteiger partial charge in [-0.2, -0.15) is 0 Å². The zero-order valence-corrected chi connectivity index (χ0v) is 13.9.